The Morgan fingerprint density at radius 3 is 2.67 bits per heavy atom. The van der Waals surface area contributed by atoms with Gasteiger partial charge in [-0.3, -0.25) is 5.10 Å². The number of rotatable bonds is 6. The third kappa shape index (κ3) is 3.42. The van der Waals surface area contributed by atoms with Crippen LogP contribution in [0, 0.1) is 6.92 Å². The first-order chi connectivity index (χ1) is 8.79. The van der Waals surface area contributed by atoms with Crippen molar-refractivity contribution in [2.75, 3.05) is 20.3 Å². The van der Waals surface area contributed by atoms with Crippen molar-refractivity contribution in [1.82, 2.24) is 10.2 Å². The Hall–Kier alpha value is -1.65. The van der Waals surface area contributed by atoms with Crippen LogP contribution < -0.4 is 0 Å². The molecule has 1 aromatic heterocycles. The lowest BCUT2D eigenvalue weighted by atomic mass is 10.1. The first kappa shape index (κ1) is 12.8. The average molecular weight is 246 g/mol. The maximum atomic E-state index is 5.43. The fourth-order valence-corrected chi connectivity index (χ4v) is 1.63. The summed E-state index contributed by atoms with van der Waals surface area (Å²) in [4.78, 5) is 0. The Morgan fingerprint density at radius 2 is 1.94 bits per heavy atom. The van der Waals surface area contributed by atoms with E-state index >= 15 is 0 Å². The number of nitrogens with zero attached hydrogens (tertiary/aromatic N) is 1. The zero-order chi connectivity index (χ0) is 12.8. The lowest BCUT2D eigenvalue weighted by Crippen LogP contribution is -2.01. The second-order valence-electron chi connectivity index (χ2n) is 4.19. The highest BCUT2D eigenvalue weighted by atomic mass is 16.5. The minimum absolute atomic E-state index is 0.530. The van der Waals surface area contributed by atoms with Crippen molar-refractivity contribution in [2.24, 2.45) is 0 Å². The van der Waals surface area contributed by atoms with Crippen molar-refractivity contribution >= 4 is 0 Å². The second-order valence-corrected chi connectivity index (χ2v) is 4.19. The molecule has 2 rings (SSSR count). The Labute approximate surface area is 107 Å². The van der Waals surface area contributed by atoms with Crippen molar-refractivity contribution in [3.05, 3.63) is 41.6 Å². The maximum Gasteiger partial charge on any atom is 0.0924 e. The summed E-state index contributed by atoms with van der Waals surface area (Å²) in [5, 5.41) is 7.26. The molecule has 0 saturated carbocycles. The molecular formula is C14H18N2O2. The Bertz CT molecular complexity index is 477. The van der Waals surface area contributed by atoms with E-state index in [1.165, 1.54) is 5.56 Å². The van der Waals surface area contributed by atoms with Crippen molar-refractivity contribution in [3.63, 3.8) is 0 Å². The number of nitrogens with one attached hydrogen (secondary N) is 1. The fourth-order valence-electron chi connectivity index (χ4n) is 1.63. The van der Waals surface area contributed by atoms with E-state index in [-0.39, 0.29) is 0 Å². The molecule has 0 amide bonds. The highest BCUT2D eigenvalue weighted by molar-refractivity contribution is 5.59. The van der Waals surface area contributed by atoms with Gasteiger partial charge in [0.25, 0.3) is 0 Å². The average Bonchev–Trinajstić information content (AvgIpc) is 2.84. The van der Waals surface area contributed by atoms with Crippen LogP contribution in [0.15, 0.2) is 30.3 Å². The molecule has 0 radical (unpaired) electrons. The van der Waals surface area contributed by atoms with E-state index < -0.39 is 0 Å². The molecule has 1 aromatic carbocycles. The van der Waals surface area contributed by atoms with Crippen molar-refractivity contribution in [3.8, 4) is 11.3 Å². The summed E-state index contributed by atoms with van der Waals surface area (Å²) in [6, 6.07) is 10.3. The number of hydrogen-bond donors (Lipinski definition) is 1. The topological polar surface area (TPSA) is 47.1 Å². The summed E-state index contributed by atoms with van der Waals surface area (Å²) in [7, 11) is 1.66. The Kier molecular flexibility index (Phi) is 4.50. The summed E-state index contributed by atoms with van der Waals surface area (Å²) < 4.78 is 10.3. The van der Waals surface area contributed by atoms with Crippen LogP contribution in [-0.4, -0.2) is 30.5 Å². The largest absolute Gasteiger partial charge is 0.382 e. The zero-order valence-corrected chi connectivity index (χ0v) is 10.8. The highest BCUT2D eigenvalue weighted by Gasteiger charge is 2.03. The summed E-state index contributed by atoms with van der Waals surface area (Å²) in [6.45, 7) is 3.81. The van der Waals surface area contributed by atoms with Gasteiger partial charge in [-0.15, -0.1) is 0 Å². The number of H-pyrrole nitrogens is 1. The predicted octanol–water partition coefficient (Wildman–Crippen LogP) is 2.55. The van der Waals surface area contributed by atoms with E-state index in [2.05, 4.69) is 41.4 Å². The molecule has 18 heavy (non-hydrogen) atoms. The Balaban J connectivity index is 1.95. The number of aromatic amines is 1. The number of methoxy groups -OCH3 is 1. The van der Waals surface area contributed by atoms with E-state index in [9.17, 15) is 0 Å². The van der Waals surface area contributed by atoms with Gasteiger partial charge in [-0.25, -0.2) is 0 Å². The van der Waals surface area contributed by atoms with Crippen LogP contribution in [0.5, 0.6) is 0 Å². The highest BCUT2D eigenvalue weighted by Crippen LogP contribution is 2.18. The van der Waals surface area contributed by atoms with Gasteiger partial charge in [0.15, 0.2) is 0 Å². The molecule has 4 nitrogen and oxygen atoms in total. The van der Waals surface area contributed by atoms with Crippen LogP contribution in [0.4, 0.5) is 0 Å². The van der Waals surface area contributed by atoms with Gasteiger partial charge < -0.3 is 9.47 Å². The standard InChI is InChI=1S/C14H18N2O2/c1-11-3-5-12(6-4-11)14-9-13(15-16-14)10-18-8-7-17-2/h3-6,9H,7-8,10H2,1-2H3,(H,15,16). The lowest BCUT2D eigenvalue weighted by Gasteiger charge is -2.00. The lowest BCUT2D eigenvalue weighted by molar-refractivity contribution is 0.0602. The SMILES string of the molecule is COCCOCc1cc(-c2ccc(C)cc2)n[nH]1. The number of hydrogen-bond acceptors (Lipinski definition) is 3. The molecule has 0 atom stereocenters. The van der Waals surface area contributed by atoms with Gasteiger partial charge in [0.1, 0.15) is 0 Å². The van der Waals surface area contributed by atoms with Crippen LogP contribution in [-0.2, 0) is 16.1 Å². The molecule has 2 aromatic rings. The van der Waals surface area contributed by atoms with E-state index in [1.54, 1.807) is 7.11 Å². The minimum Gasteiger partial charge on any atom is -0.382 e. The molecule has 0 fully saturated rings. The first-order valence-electron chi connectivity index (χ1n) is 5.97. The van der Waals surface area contributed by atoms with Gasteiger partial charge >= 0.3 is 0 Å². The van der Waals surface area contributed by atoms with E-state index in [1.807, 2.05) is 6.07 Å². The quantitative estimate of drug-likeness (QED) is 0.797. The van der Waals surface area contributed by atoms with Crippen LogP contribution in [0.3, 0.4) is 0 Å². The van der Waals surface area contributed by atoms with E-state index in [0.29, 0.717) is 19.8 Å². The third-order valence-electron chi connectivity index (χ3n) is 2.67. The van der Waals surface area contributed by atoms with Crippen LogP contribution in [0.25, 0.3) is 11.3 Å². The molecule has 1 heterocycles. The maximum absolute atomic E-state index is 5.43. The molecule has 0 aliphatic carbocycles. The number of aryl methyl sites for hydroxylation is 1. The molecule has 0 saturated heterocycles. The van der Waals surface area contributed by atoms with E-state index in [0.717, 1.165) is 17.0 Å². The number of ether oxygens (including phenoxy) is 2. The normalized spacial score (nSPS) is 10.8. The van der Waals surface area contributed by atoms with Crippen LogP contribution in [0.2, 0.25) is 0 Å². The van der Waals surface area contributed by atoms with Gasteiger partial charge in [0.2, 0.25) is 0 Å². The number of benzene rings is 1. The molecule has 4 heteroatoms. The van der Waals surface area contributed by atoms with Crippen LogP contribution >= 0.6 is 0 Å². The number of aromatic nitrogens is 2. The molecular weight excluding hydrogens is 228 g/mol. The van der Waals surface area contributed by atoms with E-state index in [4.69, 9.17) is 9.47 Å². The summed E-state index contributed by atoms with van der Waals surface area (Å²) in [5.74, 6) is 0. The molecule has 1 N–H and O–H groups in total. The van der Waals surface area contributed by atoms with Gasteiger partial charge in [0, 0.05) is 12.7 Å². The van der Waals surface area contributed by atoms with Gasteiger partial charge in [-0.2, -0.15) is 5.10 Å². The molecule has 96 valence electrons. The van der Waals surface area contributed by atoms with Crippen LogP contribution in [0.1, 0.15) is 11.3 Å². The third-order valence-corrected chi connectivity index (χ3v) is 2.67. The first-order valence-corrected chi connectivity index (χ1v) is 5.97. The van der Waals surface area contributed by atoms with Gasteiger partial charge in [-0.05, 0) is 13.0 Å². The summed E-state index contributed by atoms with van der Waals surface area (Å²) in [6.07, 6.45) is 0. The predicted molar refractivity (Wildman–Crippen MR) is 70.3 cm³/mol. The smallest absolute Gasteiger partial charge is 0.0924 e. The fraction of sp³-hybridized carbons (Fsp3) is 0.357. The summed E-state index contributed by atoms with van der Waals surface area (Å²) >= 11 is 0. The van der Waals surface area contributed by atoms with Gasteiger partial charge in [-0.1, -0.05) is 29.8 Å². The van der Waals surface area contributed by atoms with Crippen molar-refractivity contribution < 1.29 is 9.47 Å². The van der Waals surface area contributed by atoms with Crippen molar-refractivity contribution in [1.29, 1.82) is 0 Å². The second kappa shape index (κ2) is 6.33. The molecule has 0 aliphatic heterocycles. The Morgan fingerprint density at radius 1 is 1.17 bits per heavy atom. The molecule has 0 aliphatic rings. The minimum atomic E-state index is 0.530. The molecule has 0 spiro atoms. The monoisotopic (exact) mass is 246 g/mol. The van der Waals surface area contributed by atoms with Crippen molar-refractivity contribution in [2.45, 2.75) is 13.5 Å². The summed E-state index contributed by atoms with van der Waals surface area (Å²) in [5.41, 5.74) is 4.28. The van der Waals surface area contributed by atoms with Gasteiger partial charge in [0.05, 0.1) is 31.2 Å². The molecule has 0 bridgehead atoms. The molecule has 0 unspecified atom stereocenters. The zero-order valence-electron chi connectivity index (χ0n) is 10.8.